The van der Waals surface area contributed by atoms with Crippen LogP contribution in [0.25, 0.3) is 0 Å². The minimum atomic E-state index is -0.211. The smallest absolute Gasteiger partial charge is 0.307 e. The summed E-state index contributed by atoms with van der Waals surface area (Å²) < 4.78 is 7.80. The van der Waals surface area contributed by atoms with Gasteiger partial charge in [0.15, 0.2) is 0 Å². The van der Waals surface area contributed by atoms with Crippen LogP contribution in [0.4, 0.5) is 0 Å². The van der Waals surface area contributed by atoms with Crippen LogP contribution in [0.15, 0.2) is 53.3 Å². The van der Waals surface area contributed by atoms with Gasteiger partial charge in [0, 0.05) is 16.9 Å². The lowest BCUT2D eigenvalue weighted by atomic mass is 10.0. The number of ether oxygens (including phenoxy) is 1. The first-order valence-electron chi connectivity index (χ1n) is 5.65. The lowest BCUT2D eigenvalue weighted by molar-refractivity contribution is -0.141. The molecular formula is C14H14BrNO2. The fraction of sp³-hybridized carbons (Fsp3) is 0.214. The maximum Gasteiger partial charge on any atom is 0.307 e. The van der Waals surface area contributed by atoms with Gasteiger partial charge < -0.3 is 9.30 Å². The number of carbonyl (C=O) groups is 1. The van der Waals surface area contributed by atoms with Crippen molar-refractivity contribution in [2.45, 2.75) is 12.5 Å². The second-order valence-electron chi connectivity index (χ2n) is 3.98. The first-order valence-corrected chi connectivity index (χ1v) is 6.44. The van der Waals surface area contributed by atoms with E-state index in [0.29, 0.717) is 6.42 Å². The molecule has 1 aromatic carbocycles. The van der Waals surface area contributed by atoms with Gasteiger partial charge in [-0.2, -0.15) is 0 Å². The van der Waals surface area contributed by atoms with E-state index in [4.69, 9.17) is 4.74 Å². The summed E-state index contributed by atoms with van der Waals surface area (Å²) in [5.41, 5.74) is 1.08. The zero-order chi connectivity index (χ0) is 13.0. The summed E-state index contributed by atoms with van der Waals surface area (Å²) in [6, 6.07) is 11.8. The van der Waals surface area contributed by atoms with Gasteiger partial charge >= 0.3 is 5.97 Å². The van der Waals surface area contributed by atoms with Crippen LogP contribution in [0.2, 0.25) is 0 Å². The van der Waals surface area contributed by atoms with Crippen LogP contribution in [0, 0.1) is 0 Å². The van der Waals surface area contributed by atoms with E-state index in [0.717, 1.165) is 10.0 Å². The topological polar surface area (TPSA) is 31.2 Å². The monoisotopic (exact) mass is 307 g/mol. The molecule has 1 atom stereocenters. The summed E-state index contributed by atoms with van der Waals surface area (Å²) in [5, 5.41) is 0. The molecule has 0 radical (unpaired) electrons. The molecule has 0 aliphatic carbocycles. The van der Waals surface area contributed by atoms with E-state index in [1.807, 2.05) is 53.4 Å². The molecule has 94 valence electrons. The quantitative estimate of drug-likeness (QED) is 0.811. The second-order valence-corrected chi connectivity index (χ2v) is 4.89. The van der Waals surface area contributed by atoms with Gasteiger partial charge in [-0.15, -0.1) is 0 Å². The van der Waals surface area contributed by atoms with E-state index < -0.39 is 0 Å². The van der Waals surface area contributed by atoms with E-state index in [-0.39, 0.29) is 12.0 Å². The number of methoxy groups -OCH3 is 1. The van der Waals surface area contributed by atoms with Crippen molar-refractivity contribution >= 4 is 21.9 Å². The van der Waals surface area contributed by atoms with Crippen molar-refractivity contribution in [2.24, 2.45) is 0 Å². The maximum absolute atomic E-state index is 11.5. The Morgan fingerprint density at radius 2 is 1.89 bits per heavy atom. The van der Waals surface area contributed by atoms with Crippen LogP contribution in [0.3, 0.4) is 0 Å². The highest BCUT2D eigenvalue weighted by Gasteiger charge is 2.17. The van der Waals surface area contributed by atoms with Crippen molar-refractivity contribution in [2.75, 3.05) is 7.11 Å². The third-order valence-corrected chi connectivity index (χ3v) is 3.36. The molecule has 0 unspecified atom stereocenters. The number of hydrogen-bond acceptors (Lipinski definition) is 2. The van der Waals surface area contributed by atoms with Gasteiger partial charge in [0.2, 0.25) is 0 Å². The summed E-state index contributed by atoms with van der Waals surface area (Å²) in [4.78, 5) is 11.5. The highest BCUT2D eigenvalue weighted by Crippen LogP contribution is 2.24. The maximum atomic E-state index is 11.5. The molecule has 0 amide bonds. The largest absolute Gasteiger partial charge is 0.469 e. The average molecular weight is 308 g/mol. The third kappa shape index (κ3) is 3.01. The van der Waals surface area contributed by atoms with Crippen molar-refractivity contribution in [1.29, 1.82) is 0 Å². The number of nitrogens with zero attached hydrogens (tertiary/aromatic N) is 1. The van der Waals surface area contributed by atoms with Crippen molar-refractivity contribution < 1.29 is 9.53 Å². The van der Waals surface area contributed by atoms with Gasteiger partial charge in [-0.3, -0.25) is 4.79 Å². The summed E-state index contributed by atoms with van der Waals surface area (Å²) in [7, 11) is 1.41. The highest BCUT2D eigenvalue weighted by molar-refractivity contribution is 9.10. The van der Waals surface area contributed by atoms with Crippen molar-refractivity contribution in [3.63, 3.8) is 0 Å². The molecule has 0 saturated carbocycles. The van der Waals surface area contributed by atoms with Gasteiger partial charge in [-0.05, 0) is 29.8 Å². The molecular weight excluding hydrogens is 294 g/mol. The van der Waals surface area contributed by atoms with Crippen molar-refractivity contribution in [3.8, 4) is 0 Å². The molecule has 0 N–H and O–H groups in total. The fourth-order valence-corrected chi connectivity index (χ4v) is 2.14. The Morgan fingerprint density at radius 3 is 2.44 bits per heavy atom. The van der Waals surface area contributed by atoms with Crippen LogP contribution in [-0.4, -0.2) is 17.6 Å². The second kappa shape index (κ2) is 5.87. The number of esters is 1. The first-order chi connectivity index (χ1) is 8.70. The SMILES string of the molecule is COC(=O)C[C@@H](c1ccc(Br)cc1)n1cccc1. The van der Waals surface area contributed by atoms with Crippen LogP contribution in [0.5, 0.6) is 0 Å². The van der Waals surface area contributed by atoms with Crippen LogP contribution in [0.1, 0.15) is 18.0 Å². The Hall–Kier alpha value is -1.55. The Bertz CT molecular complexity index is 505. The van der Waals surface area contributed by atoms with Gasteiger partial charge in [0.1, 0.15) is 0 Å². The van der Waals surface area contributed by atoms with E-state index >= 15 is 0 Å². The molecule has 1 aromatic heterocycles. The highest BCUT2D eigenvalue weighted by atomic mass is 79.9. The number of halogens is 1. The Labute approximate surface area is 115 Å². The van der Waals surface area contributed by atoms with Crippen molar-refractivity contribution in [1.82, 2.24) is 4.57 Å². The molecule has 0 spiro atoms. The van der Waals surface area contributed by atoms with Gasteiger partial charge in [0.05, 0.1) is 19.6 Å². The van der Waals surface area contributed by atoms with E-state index in [2.05, 4.69) is 15.9 Å². The molecule has 18 heavy (non-hydrogen) atoms. The number of hydrogen-bond donors (Lipinski definition) is 0. The lowest BCUT2D eigenvalue weighted by Gasteiger charge is -2.18. The van der Waals surface area contributed by atoms with E-state index in [9.17, 15) is 4.79 Å². The number of benzene rings is 1. The molecule has 4 heteroatoms. The van der Waals surface area contributed by atoms with Crippen molar-refractivity contribution in [3.05, 3.63) is 58.8 Å². The molecule has 2 aromatic rings. The van der Waals surface area contributed by atoms with Crippen LogP contribution in [-0.2, 0) is 9.53 Å². The molecule has 0 aliphatic heterocycles. The molecule has 1 heterocycles. The zero-order valence-corrected chi connectivity index (χ0v) is 11.6. The number of carbonyl (C=O) groups excluding carboxylic acids is 1. The minimum absolute atomic E-state index is 0.0273. The van der Waals surface area contributed by atoms with Crippen LogP contribution >= 0.6 is 15.9 Å². The Morgan fingerprint density at radius 1 is 1.28 bits per heavy atom. The lowest BCUT2D eigenvalue weighted by Crippen LogP contribution is -2.15. The van der Waals surface area contributed by atoms with Gasteiger partial charge in [-0.1, -0.05) is 28.1 Å². The summed E-state index contributed by atoms with van der Waals surface area (Å²) in [6.45, 7) is 0. The molecule has 0 saturated heterocycles. The predicted molar refractivity (Wildman–Crippen MR) is 73.3 cm³/mol. The fourth-order valence-electron chi connectivity index (χ4n) is 1.88. The van der Waals surface area contributed by atoms with E-state index in [1.165, 1.54) is 7.11 Å². The standard InChI is InChI=1S/C14H14BrNO2/c1-18-14(17)10-13(16-8-2-3-9-16)11-4-6-12(15)7-5-11/h2-9,13H,10H2,1H3/t13-/m0/s1. The third-order valence-electron chi connectivity index (χ3n) is 2.83. The molecule has 3 nitrogen and oxygen atoms in total. The summed E-state index contributed by atoms with van der Waals surface area (Å²) >= 11 is 3.41. The van der Waals surface area contributed by atoms with E-state index in [1.54, 1.807) is 0 Å². The average Bonchev–Trinajstić information content (AvgIpc) is 2.90. The molecule has 0 bridgehead atoms. The Balaban J connectivity index is 2.30. The van der Waals surface area contributed by atoms with Crippen LogP contribution < -0.4 is 0 Å². The number of aromatic nitrogens is 1. The number of rotatable bonds is 4. The molecule has 0 aliphatic rings. The normalized spacial score (nSPS) is 12.1. The van der Waals surface area contributed by atoms with Gasteiger partial charge in [-0.25, -0.2) is 0 Å². The molecule has 2 rings (SSSR count). The van der Waals surface area contributed by atoms with Gasteiger partial charge in [0.25, 0.3) is 0 Å². The minimum Gasteiger partial charge on any atom is -0.469 e. The Kier molecular flexibility index (Phi) is 4.20. The summed E-state index contributed by atoms with van der Waals surface area (Å²) in [6.07, 6.45) is 4.23. The zero-order valence-electron chi connectivity index (χ0n) is 10.0. The predicted octanol–water partition coefficient (Wildman–Crippen LogP) is 3.40. The first kappa shape index (κ1) is 12.9. The summed E-state index contributed by atoms with van der Waals surface area (Å²) in [5.74, 6) is -0.211. The molecule has 0 fully saturated rings.